The van der Waals surface area contributed by atoms with Crippen molar-refractivity contribution in [3.63, 3.8) is 0 Å². The first kappa shape index (κ1) is 19.2. The first-order valence-electron chi connectivity index (χ1n) is 9.33. The molecule has 1 heterocycles. The van der Waals surface area contributed by atoms with E-state index in [2.05, 4.69) is 10.0 Å². The minimum absolute atomic E-state index is 0.210. The van der Waals surface area contributed by atoms with Crippen molar-refractivity contribution >= 4 is 28.7 Å². The van der Waals surface area contributed by atoms with Gasteiger partial charge in [0.1, 0.15) is 0 Å². The maximum absolute atomic E-state index is 13.0. The standard InChI is InChI=1S/C23H20N2O3S/c26-22-19-14-18(23(27)24-15-17-9-5-2-6-10-17)11-12-20(19)25-29(28)21(22)13-16-7-3-1-4-8-16/h1-12,14,21,25H,13,15H2,(H,24,27). The molecule has 0 radical (unpaired) electrons. The van der Waals surface area contributed by atoms with Gasteiger partial charge < -0.3 is 9.87 Å². The van der Waals surface area contributed by atoms with E-state index in [4.69, 9.17) is 0 Å². The second-order valence-electron chi connectivity index (χ2n) is 6.87. The highest BCUT2D eigenvalue weighted by molar-refractivity contribution is 7.94. The average molecular weight is 404 g/mol. The van der Waals surface area contributed by atoms with Gasteiger partial charge in [0.25, 0.3) is 5.91 Å². The van der Waals surface area contributed by atoms with Crippen LogP contribution in [0.25, 0.3) is 0 Å². The van der Waals surface area contributed by atoms with Gasteiger partial charge in [-0.2, -0.15) is 0 Å². The van der Waals surface area contributed by atoms with Crippen LogP contribution in [-0.2, 0) is 24.3 Å². The average Bonchev–Trinajstić information content (AvgIpc) is 2.76. The number of anilines is 1. The first-order chi connectivity index (χ1) is 14.1. The zero-order chi connectivity index (χ0) is 20.2. The number of ketones is 1. The van der Waals surface area contributed by atoms with Crippen LogP contribution >= 0.6 is 0 Å². The zero-order valence-electron chi connectivity index (χ0n) is 15.6. The summed E-state index contributed by atoms with van der Waals surface area (Å²) in [5, 5.41) is 2.18. The topological polar surface area (TPSA) is 81.3 Å². The van der Waals surface area contributed by atoms with Crippen molar-refractivity contribution < 1.29 is 14.1 Å². The van der Waals surface area contributed by atoms with Crippen molar-refractivity contribution in [3.05, 3.63) is 101 Å². The van der Waals surface area contributed by atoms with Gasteiger partial charge in [-0.05, 0) is 29.3 Å². The van der Waals surface area contributed by atoms with Crippen LogP contribution in [0.2, 0.25) is 0 Å². The van der Waals surface area contributed by atoms with Crippen LogP contribution < -0.4 is 10.0 Å². The number of benzene rings is 3. The summed E-state index contributed by atoms with van der Waals surface area (Å²) >= 11 is -1.52. The summed E-state index contributed by atoms with van der Waals surface area (Å²) in [6.45, 7) is 0.406. The first-order valence-corrected chi connectivity index (χ1v) is 10.5. The summed E-state index contributed by atoms with van der Waals surface area (Å²) in [4.78, 5) is 25.6. The van der Waals surface area contributed by atoms with E-state index in [9.17, 15) is 14.1 Å². The van der Waals surface area contributed by atoms with Gasteiger partial charge in [-0.3, -0.25) is 9.59 Å². The van der Waals surface area contributed by atoms with Gasteiger partial charge in [0.05, 0.1) is 22.6 Å². The summed E-state index contributed by atoms with van der Waals surface area (Å²) in [5.41, 5.74) is 3.24. The van der Waals surface area contributed by atoms with Crippen LogP contribution in [0, 0.1) is 0 Å². The van der Waals surface area contributed by atoms with Crippen LogP contribution in [0.15, 0.2) is 78.9 Å². The van der Waals surface area contributed by atoms with Gasteiger partial charge in [0, 0.05) is 18.5 Å². The molecule has 1 aliphatic heterocycles. The molecule has 0 saturated carbocycles. The lowest BCUT2D eigenvalue weighted by Gasteiger charge is -2.27. The number of nitrogens with one attached hydrogen (secondary N) is 2. The molecule has 4 rings (SSSR count). The van der Waals surface area contributed by atoms with Gasteiger partial charge in [-0.15, -0.1) is 0 Å². The van der Waals surface area contributed by atoms with Crippen molar-refractivity contribution in [2.45, 2.75) is 18.2 Å². The molecular weight excluding hydrogens is 384 g/mol. The molecule has 2 unspecified atom stereocenters. The Kier molecular flexibility index (Phi) is 5.64. The smallest absolute Gasteiger partial charge is 0.251 e. The minimum atomic E-state index is -1.52. The Labute approximate surface area is 172 Å². The van der Waals surface area contributed by atoms with Crippen molar-refractivity contribution in [1.82, 2.24) is 5.32 Å². The molecule has 2 atom stereocenters. The number of amides is 1. The van der Waals surface area contributed by atoms with Crippen LogP contribution in [0.4, 0.5) is 5.69 Å². The molecule has 29 heavy (non-hydrogen) atoms. The van der Waals surface area contributed by atoms with Crippen molar-refractivity contribution in [2.75, 3.05) is 4.72 Å². The maximum atomic E-state index is 13.0. The molecule has 0 fully saturated rings. The Morgan fingerprint density at radius 1 is 0.966 bits per heavy atom. The van der Waals surface area contributed by atoms with E-state index in [-0.39, 0.29) is 11.7 Å². The molecule has 5 nitrogen and oxygen atoms in total. The molecule has 0 aromatic heterocycles. The number of Topliss-reactive ketones (excluding diaryl/α,β-unsaturated/α-hetero) is 1. The molecule has 0 spiro atoms. The molecule has 0 saturated heterocycles. The summed E-state index contributed by atoms with van der Waals surface area (Å²) in [6.07, 6.45) is 0.378. The lowest BCUT2D eigenvalue weighted by atomic mass is 9.98. The van der Waals surface area contributed by atoms with Gasteiger partial charge in [0.2, 0.25) is 11.0 Å². The fourth-order valence-electron chi connectivity index (χ4n) is 3.31. The van der Waals surface area contributed by atoms with Gasteiger partial charge in [-0.25, -0.2) is 4.72 Å². The largest absolute Gasteiger partial charge is 0.592 e. The molecule has 3 aromatic rings. The van der Waals surface area contributed by atoms with E-state index in [1.54, 1.807) is 18.2 Å². The summed E-state index contributed by atoms with van der Waals surface area (Å²) in [6, 6.07) is 24.0. The number of hydrogen-bond donors (Lipinski definition) is 2. The SMILES string of the molecule is O=C(NCc1ccccc1)c1ccc2c(c1)C(=O)C(Cc1ccccc1)[S+]([O-])N2. The predicted octanol–water partition coefficient (Wildman–Crippen LogP) is 3.50. The second-order valence-corrected chi connectivity index (χ2v) is 8.24. The third-order valence-corrected chi connectivity index (χ3v) is 6.19. The van der Waals surface area contributed by atoms with E-state index in [1.165, 1.54) is 0 Å². The monoisotopic (exact) mass is 404 g/mol. The molecule has 1 aliphatic rings. The lowest BCUT2D eigenvalue weighted by Crippen LogP contribution is -2.41. The molecule has 1 amide bonds. The molecule has 2 N–H and O–H groups in total. The van der Waals surface area contributed by atoms with E-state index in [0.29, 0.717) is 29.8 Å². The van der Waals surface area contributed by atoms with Crippen molar-refractivity contribution in [3.8, 4) is 0 Å². The highest BCUT2D eigenvalue weighted by Gasteiger charge is 2.39. The van der Waals surface area contributed by atoms with Crippen LogP contribution in [0.5, 0.6) is 0 Å². The summed E-state index contributed by atoms with van der Waals surface area (Å²) in [7, 11) is 0. The lowest BCUT2D eigenvalue weighted by molar-refractivity contribution is 0.0951. The van der Waals surface area contributed by atoms with Gasteiger partial charge in [-0.1, -0.05) is 60.7 Å². The molecule has 3 aromatic carbocycles. The number of rotatable bonds is 5. The summed E-state index contributed by atoms with van der Waals surface area (Å²) in [5.74, 6) is -0.464. The quantitative estimate of drug-likeness (QED) is 0.638. The number of carbonyl (C=O) groups excluding carboxylic acids is 2. The molecule has 0 bridgehead atoms. The number of carbonyl (C=O) groups is 2. The Hall–Kier alpha value is -3.09. The van der Waals surface area contributed by atoms with Crippen molar-refractivity contribution in [1.29, 1.82) is 0 Å². The Morgan fingerprint density at radius 2 is 1.62 bits per heavy atom. The van der Waals surface area contributed by atoms with E-state index >= 15 is 0 Å². The molecule has 146 valence electrons. The normalized spacial score (nSPS) is 17.9. The Bertz CT molecular complexity index is 1020. The number of fused-ring (bicyclic) bond motifs is 1. The Balaban J connectivity index is 1.51. The zero-order valence-corrected chi connectivity index (χ0v) is 16.4. The van der Waals surface area contributed by atoms with E-state index in [1.807, 2.05) is 60.7 Å². The van der Waals surface area contributed by atoms with Gasteiger partial charge in [0.15, 0.2) is 0 Å². The highest BCUT2D eigenvalue weighted by atomic mass is 32.2. The fraction of sp³-hybridized carbons (Fsp3) is 0.130. The summed E-state index contributed by atoms with van der Waals surface area (Å²) < 4.78 is 15.5. The van der Waals surface area contributed by atoms with E-state index < -0.39 is 16.6 Å². The molecular formula is C23H20N2O3S. The third kappa shape index (κ3) is 4.34. The third-order valence-electron chi connectivity index (χ3n) is 4.87. The maximum Gasteiger partial charge on any atom is 0.251 e. The molecule has 6 heteroatoms. The van der Waals surface area contributed by atoms with Crippen LogP contribution in [0.3, 0.4) is 0 Å². The fourth-order valence-corrected chi connectivity index (χ4v) is 4.51. The van der Waals surface area contributed by atoms with Gasteiger partial charge >= 0.3 is 0 Å². The number of hydrogen-bond acceptors (Lipinski definition) is 4. The Morgan fingerprint density at radius 3 is 2.31 bits per heavy atom. The van der Waals surface area contributed by atoms with Crippen LogP contribution in [-0.4, -0.2) is 21.5 Å². The highest BCUT2D eigenvalue weighted by Crippen LogP contribution is 2.29. The van der Waals surface area contributed by atoms with Crippen LogP contribution in [0.1, 0.15) is 31.8 Å². The van der Waals surface area contributed by atoms with E-state index in [0.717, 1.165) is 11.1 Å². The second kappa shape index (κ2) is 8.51. The van der Waals surface area contributed by atoms with Crippen molar-refractivity contribution in [2.24, 2.45) is 0 Å². The minimum Gasteiger partial charge on any atom is -0.592 e. The molecule has 0 aliphatic carbocycles. The predicted molar refractivity (Wildman–Crippen MR) is 114 cm³/mol.